The lowest BCUT2D eigenvalue weighted by Crippen LogP contribution is -2.27. The summed E-state index contributed by atoms with van der Waals surface area (Å²) in [5.74, 6) is -0.00762. The highest BCUT2D eigenvalue weighted by Crippen LogP contribution is 2.70. The molecule has 5 atom stereocenters. The van der Waals surface area contributed by atoms with Gasteiger partial charge in [0.1, 0.15) is 12.0 Å². The molecule has 178 valence electrons. The normalized spacial score (nSPS) is 25.5. The van der Waals surface area contributed by atoms with Crippen LogP contribution in [0.1, 0.15) is 19.1 Å². The predicted molar refractivity (Wildman–Crippen MR) is 96.8 cm³/mol. The Morgan fingerprint density at radius 1 is 1.03 bits per heavy atom. The van der Waals surface area contributed by atoms with Crippen LogP contribution in [-0.2, 0) is 40.5 Å². The van der Waals surface area contributed by atoms with Crippen molar-refractivity contribution in [3.05, 3.63) is 22.7 Å². The fraction of sp³-hybridized carbons (Fsp3) is 0.556. The van der Waals surface area contributed by atoms with Gasteiger partial charge in [0.2, 0.25) is 0 Å². The quantitative estimate of drug-likeness (QED) is 0.216. The number of phosphoric acid groups is 4. The zero-order valence-electron chi connectivity index (χ0n) is 15.0. The molecule has 0 bridgehead atoms. The molecule has 0 aromatic carbocycles. The van der Waals surface area contributed by atoms with Crippen molar-refractivity contribution in [2.45, 2.75) is 25.2 Å². The summed E-state index contributed by atoms with van der Waals surface area (Å²) in [5, 5.41) is 0. The van der Waals surface area contributed by atoms with Crippen LogP contribution in [0.5, 0.6) is 0 Å². The predicted octanol–water partition coefficient (Wildman–Crippen LogP) is -0.0366. The van der Waals surface area contributed by atoms with E-state index < -0.39 is 55.9 Å². The molecule has 22 heteroatoms. The van der Waals surface area contributed by atoms with Gasteiger partial charge in [0.15, 0.2) is 0 Å². The van der Waals surface area contributed by atoms with Crippen LogP contribution < -0.4 is 11.4 Å². The summed E-state index contributed by atoms with van der Waals surface area (Å²) in [6.07, 6.45) is 0.136. The summed E-state index contributed by atoms with van der Waals surface area (Å²) in [6, 6.07) is 1.35. The summed E-state index contributed by atoms with van der Waals surface area (Å²) in [4.78, 5) is 59.9. The highest BCUT2D eigenvalue weighted by Gasteiger charge is 2.45. The average Bonchev–Trinajstić information content (AvgIpc) is 2.96. The Kier molecular flexibility index (Phi) is 8.19. The van der Waals surface area contributed by atoms with Gasteiger partial charge in [0, 0.05) is 6.20 Å². The molecular formula is C9H17N3O15P4. The second-order valence-corrected chi connectivity index (χ2v) is 11.8. The molecule has 1 aliphatic heterocycles. The van der Waals surface area contributed by atoms with Crippen LogP contribution in [0.15, 0.2) is 17.1 Å². The Morgan fingerprint density at radius 2 is 1.61 bits per heavy atom. The molecule has 2 heterocycles. The first-order valence-electron chi connectivity index (χ1n) is 7.80. The lowest BCUT2D eigenvalue weighted by Gasteiger charge is -2.19. The Hall–Kier alpha value is -0.800. The summed E-state index contributed by atoms with van der Waals surface area (Å²) in [6.45, 7) is -0.683. The van der Waals surface area contributed by atoms with E-state index in [1.807, 2.05) is 0 Å². The van der Waals surface area contributed by atoms with E-state index in [2.05, 4.69) is 22.4 Å². The van der Waals surface area contributed by atoms with Crippen LogP contribution in [0.25, 0.3) is 0 Å². The molecule has 18 nitrogen and oxygen atoms in total. The van der Waals surface area contributed by atoms with E-state index in [4.69, 9.17) is 25.2 Å². The van der Waals surface area contributed by atoms with Gasteiger partial charge in [-0.05, 0) is 18.9 Å². The number of hydrogen-bond acceptors (Lipinski definition) is 12. The first-order valence-corrected chi connectivity index (χ1v) is 13.8. The molecule has 3 unspecified atom stereocenters. The molecule has 1 aromatic heterocycles. The molecule has 0 spiro atoms. The number of hydrogen-bond donors (Lipinski definition) is 6. The molecule has 1 aromatic rings. The molecule has 31 heavy (non-hydrogen) atoms. The van der Waals surface area contributed by atoms with Crippen molar-refractivity contribution >= 4 is 37.1 Å². The van der Waals surface area contributed by atoms with E-state index >= 15 is 0 Å². The minimum atomic E-state index is -5.88. The van der Waals surface area contributed by atoms with Crippen LogP contribution in [0.4, 0.5) is 5.82 Å². The van der Waals surface area contributed by atoms with Gasteiger partial charge in [-0.25, -0.2) is 23.1 Å². The zero-order valence-corrected chi connectivity index (χ0v) is 18.6. The number of ether oxygens (including phenoxy) is 1. The summed E-state index contributed by atoms with van der Waals surface area (Å²) in [7, 11) is -22.8. The SMILES string of the molecule is Nc1ccn([C@H]2CC[C@@H](COP(=O)(O)OP(=O)(O)OP(=O)(O)OP(=O)(O)O)O2)c(=O)n1. The van der Waals surface area contributed by atoms with Crippen molar-refractivity contribution in [2.75, 3.05) is 12.3 Å². The topological polar surface area (TPSA) is 276 Å². The zero-order chi connectivity index (χ0) is 23.7. The first-order chi connectivity index (χ1) is 14.0. The second-order valence-electron chi connectivity index (χ2n) is 5.77. The van der Waals surface area contributed by atoms with Crippen LogP contribution >= 0.6 is 31.3 Å². The summed E-state index contributed by atoms with van der Waals surface area (Å²) < 4.78 is 66.7. The van der Waals surface area contributed by atoms with E-state index in [9.17, 15) is 32.8 Å². The fourth-order valence-electron chi connectivity index (χ4n) is 2.28. The lowest BCUT2D eigenvalue weighted by molar-refractivity contribution is -0.0242. The van der Waals surface area contributed by atoms with E-state index in [1.165, 1.54) is 12.3 Å². The molecule has 2 rings (SSSR count). The van der Waals surface area contributed by atoms with Gasteiger partial charge in [-0.1, -0.05) is 0 Å². The Bertz CT molecular complexity index is 1050. The maximum absolute atomic E-state index is 11.8. The highest BCUT2D eigenvalue weighted by molar-refractivity contribution is 7.69. The largest absolute Gasteiger partial charge is 0.490 e. The van der Waals surface area contributed by atoms with Gasteiger partial charge < -0.3 is 34.9 Å². The monoisotopic (exact) mass is 531 g/mol. The maximum atomic E-state index is 11.8. The van der Waals surface area contributed by atoms with Gasteiger partial charge in [-0.3, -0.25) is 9.09 Å². The summed E-state index contributed by atoms with van der Waals surface area (Å²) >= 11 is 0. The molecule has 1 fully saturated rings. The van der Waals surface area contributed by atoms with Crippen molar-refractivity contribution in [3.8, 4) is 0 Å². The van der Waals surface area contributed by atoms with E-state index in [0.29, 0.717) is 0 Å². The van der Waals surface area contributed by atoms with Crippen molar-refractivity contribution in [2.24, 2.45) is 0 Å². The van der Waals surface area contributed by atoms with Crippen LogP contribution in [0, 0.1) is 0 Å². The Morgan fingerprint density at radius 3 is 2.19 bits per heavy atom. The van der Waals surface area contributed by atoms with Crippen molar-refractivity contribution in [1.29, 1.82) is 0 Å². The average molecular weight is 531 g/mol. The van der Waals surface area contributed by atoms with E-state index in [1.54, 1.807) is 0 Å². The van der Waals surface area contributed by atoms with Gasteiger partial charge in [0.05, 0.1) is 12.7 Å². The number of nitrogens with zero attached hydrogens (tertiary/aromatic N) is 2. The molecule has 1 saturated heterocycles. The lowest BCUT2D eigenvalue weighted by atomic mass is 10.2. The molecule has 1 aliphatic rings. The summed E-state index contributed by atoms with van der Waals surface area (Å²) in [5.41, 5.74) is 4.67. The number of phosphoric ester groups is 1. The molecule has 0 aliphatic carbocycles. The van der Waals surface area contributed by atoms with Crippen molar-refractivity contribution in [1.82, 2.24) is 9.55 Å². The maximum Gasteiger partial charge on any atom is 0.490 e. The van der Waals surface area contributed by atoms with Gasteiger partial charge in [0.25, 0.3) is 0 Å². The number of nitrogen functional groups attached to an aromatic ring is 1. The smallest absolute Gasteiger partial charge is 0.383 e. The first kappa shape index (κ1) is 26.5. The number of anilines is 1. The Labute approximate surface area is 172 Å². The minimum Gasteiger partial charge on any atom is -0.383 e. The standard InChI is InChI=1S/C9H17N3O15P4/c10-7-3-4-12(9(13)11-7)8-2-1-6(24-8)5-23-29(17,18)26-31(21,22)27-30(19,20)25-28(14,15)16/h3-4,6,8H,1-2,5H2,(H,17,18)(H,19,20)(H,21,22)(H2,10,11,13)(H2,14,15,16)/t6-,8+/m0/s1. The van der Waals surface area contributed by atoms with Crippen molar-refractivity contribution in [3.63, 3.8) is 0 Å². The third-order valence-corrected chi connectivity index (χ3v) is 8.75. The fourth-order valence-corrected chi connectivity index (χ4v) is 6.76. The molecule has 7 N–H and O–H groups in total. The number of aromatic nitrogens is 2. The van der Waals surface area contributed by atoms with E-state index in [-0.39, 0.29) is 18.7 Å². The Balaban J connectivity index is 1.92. The van der Waals surface area contributed by atoms with Crippen LogP contribution in [0.3, 0.4) is 0 Å². The molecular weight excluding hydrogens is 514 g/mol. The highest BCUT2D eigenvalue weighted by atomic mass is 31.3. The molecule has 0 saturated carbocycles. The number of nitrogens with two attached hydrogens (primary N) is 1. The molecule has 0 radical (unpaired) electrons. The van der Waals surface area contributed by atoms with Crippen molar-refractivity contribution < 1.29 is 64.9 Å². The second kappa shape index (κ2) is 9.59. The third kappa shape index (κ3) is 8.92. The third-order valence-electron chi connectivity index (χ3n) is 3.29. The van der Waals surface area contributed by atoms with Gasteiger partial charge in [-0.15, -0.1) is 0 Å². The van der Waals surface area contributed by atoms with Gasteiger partial charge >= 0.3 is 37.0 Å². The van der Waals surface area contributed by atoms with E-state index in [0.717, 1.165) is 4.57 Å². The minimum absolute atomic E-state index is 0.00762. The van der Waals surface area contributed by atoms with Crippen LogP contribution in [-0.4, -0.2) is 46.7 Å². The number of rotatable bonds is 10. The molecule has 0 amide bonds. The van der Waals surface area contributed by atoms with Gasteiger partial charge in [-0.2, -0.15) is 17.9 Å². The van der Waals surface area contributed by atoms with Crippen LogP contribution in [0.2, 0.25) is 0 Å².